The van der Waals surface area contributed by atoms with E-state index in [2.05, 4.69) is 15.0 Å². The van der Waals surface area contributed by atoms with E-state index in [9.17, 15) is 0 Å². The number of anilines is 2. The molecule has 16 heavy (non-hydrogen) atoms. The summed E-state index contributed by atoms with van der Waals surface area (Å²) in [7, 11) is 5.76. The second-order valence-corrected chi connectivity index (χ2v) is 4.76. The van der Waals surface area contributed by atoms with Gasteiger partial charge in [0.15, 0.2) is 0 Å². The van der Waals surface area contributed by atoms with Crippen LogP contribution in [0.3, 0.4) is 0 Å². The van der Waals surface area contributed by atoms with Gasteiger partial charge in [-0.25, -0.2) is 0 Å². The number of nitrogens with zero attached hydrogens (tertiary/aromatic N) is 5. The average molecular weight is 242 g/mol. The Labute approximate surface area is 100 Å². The molecule has 0 aromatic carbocycles. The standard InChI is InChI=1S/C10H16ClN5/c1-15(2)9-12-8(11)13-10(14-9)16(3)6-7-4-5-7/h7H,4-6H2,1-3H3. The topological polar surface area (TPSA) is 45.2 Å². The average Bonchev–Trinajstić information content (AvgIpc) is 3.00. The number of rotatable bonds is 4. The molecule has 1 aromatic heterocycles. The van der Waals surface area contributed by atoms with Gasteiger partial charge in [0.05, 0.1) is 0 Å². The van der Waals surface area contributed by atoms with Crippen LogP contribution in [-0.2, 0) is 0 Å². The van der Waals surface area contributed by atoms with Crippen LogP contribution in [0.15, 0.2) is 0 Å². The van der Waals surface area contributed by atoms with Crippen molar-refractivity contribution in [2.24, 2.45) is 5.92 Å². The lowest BCUT2D eigenvalue weighted by Gasteiger charge is -2.18. The van der Waals surface area contributed by atoms with E-state index in [1.165, 1.54) is 12.8 Å². The molecular weight excluding hydrogens is 226 g/mol. The van der Waals surface area contributed by atoms with Crippen LogP contribution in [0.5, 0.6) is 0 Å². The van der Waals surface area contributed by atoms with Crippen LogP contribution in [0.1, 0.15) is 12.8 Å². The molecule has 1 saturated carbocycles. The summed E-state index contributed by atoms with van der Waals surface area (Å²) in [6, 6.07) is 0. The van der Waals surface area contributed by atoms with E-state index in [1.807, 2.05) is 30.9 Å². The van der Waals surface area contributed by atoms with Crippen molar-refractivity contribution in [3.63, 3.8) is 0 Å². The molecule has 5 nitrogen and oxygen atoms in total. The molecule has 0 saturated heterocycles. The molecule has 0 amide bonds. The van der Waals surface area contributed by atoms with E-state index in [1.54, 1.807) is 0 Å². The molecule has 1 aliphatic carbocycles. The van der Waals surface area contributed by atoms with Crippen molar-refractivity contribution in [2.75, 3.05) is 37.5 Å². The third-order valence-corrected chi connectivity index (χ3v) is 2.72. The molecular formula is C10H16ClN5. The van der Waals surface area contributed by atoms with Crippen LogP contribution in [0, 0.1) is 5.92 Å². The summed E-state index contributed by atoms with van der Waals surface area (Å²) in [6.45, 7) is 0.993. The SMILES string of the molecule is CN(C)c1nc(Cl)nc(N(C)CC2CC2)n1. The van der Waals surface area contributed by atoms with Gasteiger partial charge in [-0.15, -0.1) is 0 Å². The van der Waals surface area contributed by atoms with Gasteiger partial charge in [0, 0.05) is 27.7 Å². The van der Waals surface area contributed by atoms with Gasteiger partial charge in [-0.3, -0.25) is 0 Å². The van der Waals surface area contributed by atoms with Gasteiger partial charge in [-0.1, -0.05) is 0 Å². The molecule has 0 bridgehead atoms. The molecule has 0 spiro atoms. The first-order valence-electron chi connectivity index (χ1n) is 5.36. The summed E-state index contributed by atoms with van der Waals surface area (Å²) in [5, 5.41) is 0.247. The van der Waals surface area contributed by atoms with Crippen LogP contribution < -0.4 is 9.80 Å². The van der Waals surface area contributed by atoms with Crippen molar-refractivity contribution in [1.29, 1.82) is 0 Å². The van der Waals surface area contributed by atoms with Gasteiger partial charge < -0.3 is 9.80 Å². The smallest absolute Gasteiger partial charge is 0.231 e. The summed E-state index contributed by atoms with van der Waals surface area (Å²) in [4.78, 5) is 16.4. The minimum atomic E-state index is 0.247. The Bertz CT molecular complexity index is 377. The van der Waals surface area contributed by atoms with E-state index in [-0.39, 0.29) is 5.28 Å². The quantitative estimate of drug-likeness (QED) is 0.798. The van der Waals surface area contributed by atoms with E-state index in [0.717, 1.165) is 12.5 Å². The highest BCUT2D eigenvalue weighted by Gasteiger charge is 2.24. The Balaban J connectivity index is 2.17. The molecule has 0 unspecified atom stereocenters. The minimum absolute atomic E-state index is 0.247. The van der Waals surface area contributed by atoms with Crippen LogP contribution in [0.4, 0.5) is 11.9 Å². The Morgan fingerprint density at radius 3 is 2.31 bits per heavy atom. The molecule has 88 valence electrons. The number of hydrogen-bond acceptors (Lipinski definition) is 5. The second-order valence-electron chi connectivity index (χ2n) is 4.42. The van der Waals surface area contributed by atoms with Crippen LogP contribution in [0.25, 0.3) is 0 Å². The summed E-state index contributed by atoms with van der Waals surface area (Å²) in [5.41, 5.74) is 0. The molecule has 1 fully saturated rings. The number of hydrogen-bond donors (Lipinski definition) is 0. The van der Waals surface area contributed by atoms with Crippen molar-refractivity contribution >= 4 is 23.5 Å². The highest BCUT2D eigenvalue weighted by Crippen LogP contribution is 2.30. The molecule has 0 atom stereocenters. The third-order valence-electron chi connectivity index (χ3n) is 2.55. The maximum atomic E-state index is 5.87. The molecule has 0 N–H and O–H groups in total. The lowest BCUT2D eigenvalue weighted by atomic mass is 10.4. The zero-order valence-corrected chi connectivity index (χ0v) is 10.6. The van der Waals surface area contributed by atoms with Gasteiger partial charge in [0.1, 0.15) is 0 Å². The zero-order valence-electron chi connectivity index (χ0n) is 9.81. The van der Waals surface area contributed by atoms with Gasteiger partial charge in [-0.2, -0.15) is 15.0 Å². The maximum Gasteiger partial charge on any atom is 0.231 e. The van der Waals surface area contributed by atoms with Crippen molar-refractivity contribution in [1.82, 2.24) is 15.0 Å². The Morgan fingerprint density at radius 2 is 1.75 bits per heavy atom. The predicted octanol–water partition coefficient (Wildman–Crippen LogP) is 1.44. The highest BCUT2D eigenvalue weighted by molar-refractivity contribution is 6.28. The summed E-state index contributed by atoms with van der Waals surface area (Å²) >= 11 is 5.87. The lowest BCUT2D eigenvalue weighted by Crippen LogP contribution is -2.24. The van der Waals surface area contributed by atoms with Crippen molar-refractivity contribution in [3.8, 4) is 0 Å². The monoisotopic (exact) mass is 241 g/mol. The first-order chi connectivity index (χ1) is 7.56. The number of halogens is 1. The predicted molar refractivity (Wildman–Crippen MR) is 65.2 cm³/mol. The largest absolute Gasteiger partial charge is 0.347 e. The van der Waals surface area contributed by atoms with Crippen molar-refractivity contribution in [3.05, 3.63) is 5.28 Å². The normalized spacial score (nSPS) is 15.0. The van der Waals surface area contributed by atoms with Crippen LogP contribution in [-0.4, -0.2) is 42.6 Å². The molecule has 0 radical (unpaired) electrons. The Morgan fingerprint density at radius 1 is 1.12 bits per heavy atom. The van der Waals surface area contributed by atoms with Gasteiger partial charge in [0.25, 0.3) is 0 Å². The van der Waals surface area contributed by atoms with Gasteiger partial charge in [-0.05, 0) is 30.4 Å². The number of aromatic nitrogens is 3. The Kier molecular flexibility index (Phi) is 3.14. The highest BCUT2D eigenvalue weighted by atomic mass is 35.5. The first-order valence-corrected chi connectivity index (χ1v) is 5.74. The van der Waals surface area contributed by atoms with Crippen molar-refractivity contribution < 1.29 is 0 Å². The fourth-order valence-corrected chi connectivity index (χ4v) is 1.62. The zero-order chi connectivity index (χ0) is 11.7. The summed E-state index contributed by atoms with van der Waals surface area (Å²) in [6.07, 6.45) is 2.62. The summed E-state index contributed by atoms with van der Waals surface area (Å²) < 4.78 is 0. The lowest BCUT2D eigenvalue weighted by molar-refractivity contribution is 0.758. The van der Waals surface area contributed by atoms with E-state index < -0.39 is 0 Å². The van der Waals surface area contributed by atoms with E-state index in [4.69, 9.17) is 11.6 Å². The molecule has 1 aromatic rings. The Hall–Kier alpha value is -1.10. The molecule has 1 aliphatic rings. The fourth-order valence-electron chi connectivity index (χ4n) is 1.47. The second kappa shape index (κ2) is 4.41. The maximum absolute atomic E-state index is 5.87. The van der Waals surface area contributed by atoms with Crippen molar-refractivity contribution in [2.45, 2.75) is 12.8 Å². The fraction of sp³-hybridized carbons (Fsp3) is 0.700. The molecule has 2 rings (SSSR count). The molecule has 1 heterocycles. The van der Waals surface area contributed by atoms with Crippen LogP contribution >= 0.6 is 11.6 Å². The summed E-state index contributed by atoms with van der Waals surface area (Å²) in [5.74, 6) is 2.04. The third kappa shape index (κ3) is 2.72. The molecule has 0 aliphatic heterocycles. The van der Waals surface area contributed by atoms with E-state index in [0.29, 0.717) is 11.9 Å². The minimum Gasteiger partial charge on any atom is -0.347 e. The van der Waals surface area contributed by atoms with Gasteiger partial charge >= 0.3 is 0 Å². The van der Waals surface area contributed by atoms with Crippen LogP contribution in [0.2, 0.25) is 5.28 Å². The molecule has 6 heteroatoms. The first kappa shape index (κ1) is 11.4. The van der Waals surface area contributed by atoms with E-state index >= 15 is 0 Å². The van der Waals surface area contributed by atoms with Gasteiger partial charge in [0.2, 0.25) is 17.2 Å².